The van der Waals surface area contributed by atoms with Crippen molar-refractivity contribution < 1.29 is 4.79 Å². The van der Waals surface area contributed by atoms with Crippen LogP contribution in [-0.2, 0) is 11.2 Å². The van der Waals surface area contributed by atoms with Gasteiger partial charge in [-0.2, -0.15) is 0 Å². The molecule has 1 aromatic rings. The fraction of sp³-hybridized carbons (Fsp3) is 0.533. The van der Waals surface area contributed by atoms with Crippen LogP contribution >= 0.6 is 12.4 Å². The van der Waals surface area contributed by atoms with Crippen molar-refractivity contribution in [2.45, 2.75) is 45.6 Å². The lowest BCUT2D eigenvalue weighted by Crippen LogP contribution is -2.37. The number of nitrogens with one attached hydrogen (secondary N) is 1. The Bertz CT molecular complexity index is 365. The van der Waals surface area contributed by atoms with Crippen LogP contribution in [0.5, 0.6) is 0 Å². The molecular weight excluding hydrogens is 260 g/mol. The fourth-order valence-corrected chi connectivity index (χ4v) is 1.78. The topological polar surface area (TPSA) is 55.1 Å². The summed E-state index contributed by atoms with van der Waals surface area (Å²) in [6.07, 6.45) is 3.61. The van der Waals surface area contributed by atoms with Crippen LogP contribution in [0.4, 0.5) is 0 Å². The van der Waals surface area contributed by atoms with Crippen molar-refractivity contribution in [2.75, 3.05) is 6.54 Å². The molecule has 0 aromatic heterocycles. The summed E-state index contributed by atoms with van der Waals surface area (Å²) in [4.78, 5) is 11.5. The van der Waals surface area contributed by atoms with Crippen LogP contribution in [0.2, 0.25) is 0 Å². The number of hydrogen-bond donors (Lipinski definition) is 2. The Morgan fingerprint density at radius 3 is 2.47 bits per heavy atom. The quantitative estimate of drug-likeness (QED) is 0.756. The van der Waals surface area contributed by atoms with E-state index in [2.05, 4.69) is 36.5 Å². The molecule has 0 spiro atoms. The number of unbranched alkanes of at least 4 members (excludes halogenated alkanes) is 1. The largest absolute Gasteiger partial charge is 0.352 e. The van der Waals surface area contributed by atoms with Crippen LogP contribution in [0.3, 0.4) is 0 Å². The molecule has 19 heavy (non-hydrogen) atoms. The zero-order valence-corrected chi connectivity index (χ0v) is 12.6. The summed E-state index contributed by atoms with van der Waals surface area (Å²) in [6, 6.07) is 8.66. The lowest BCUT2D eigenvalue weighted by molar-refractivity contribution is -0.121. The summed E-state index contributed by atoms with van der Waals surface area (Å²) >= 11 is 0. The minimum atomic E-state index is 0. The van der Waals surface area contributed by atoms with Gasteiger partial charge >= 0.3 is 0 Å². The number of nitrogens with two attached hydrogens (primary N) is 1. The number of aryl methyl sites for hydroxylation is 2. The standard InChI is InChI=1S/C15H24N2O.ClH/c1-12-7-9-14(10-8-12)5-3-4-6-15(18)17-13(2)11-16;/h7-10,13H,3-6,11,16H2,1-2H3,(H,17,18);1H/t13-;/m0./s1. The Kier molecular flexibility index (Phi) is 9.27. The molecule has 0 saturated heterocycles. The average molecular weight is 285 g/mol. The number of benzene rings is 1. The Hall–Kier alpha value is -1.06. The number of amides is 1. The van der Waals surface area contributed by atoms with Gasteiger partial charge in [-0.25, -0.2) is 0 Å². The second-order valence-corrected chi connectivity index (χ2v) is 4.90. The van der Waals surface area contributed by atoms with Gasteiger partial charge in [0, 0.05) is 19.0 Å². The van der Waals surface area contributed by atoms with Crippen molar-refractivity contribution in [2.24, 2.45) is 5.73 Å². The van der Waals surface area contributed by atoms with Crippen molar-refractivity contribution in [1.82, 2.24) is 5.32 Å². The number of carbonyl (C=O) groups is 1. The molecule has 0 aliphatic carbocycles. The van der Waals surface area contributed by atoms with Crippen LogP contribution in [0.1, 0.15) is 37.3 Å². The first kappa shape index (κ1) is 17.9. The molecule has 0 aliphatic heterocycles. The Labute approximate surface area is 122 Å². The third-order valence-corrected chi connectivity index (χ3v) is 3.00. The molecule has 0 heterocycles. The van der Waals surface area contributed by atoms with Gasteiger partial charge < -0.3 is 11.1 Å². The fourth-order valence-electron chi connectivity index (χ4n) is 1.78. The first-order valence-electron chi connectivity index (χ1n) is 6.67. The van der Waals surface area contributed by atoms with Crippen molar-refractivity contribution in [1.29, 1.82) is 0 Å². The molecule has 1 rings (SSSR count). The summed E-state index contributed by atoms with van der Waals surface area (Å²) in [6.45, 7) is 4.51. The SMILES string of the molecule is Cc1ccc(CCCCC(=O)N[C@@H](C)CN)cc1.Cl. The lowest BCUT2D eigenvalue weighted by Gasteiger charge is -2.10. The maximum absolute atomic E-state index is 11.5. The molecule has 108 valence electrons. The molecule has 0 unspecified atom stereocenters. The van der Waals surface area contributed by atoms with E-state index in [-0.39, 0.29) is 24.4 Å². The predicted molar refractivity (Wildman–Crippen MR) is 82.6 cm³/mol. The first-order valence-corrected chi connectivity index (χ1v) is 6.67. The van der Waals surface area contributed by atoms with Crippen LogP contribution in [-0.4, -0.2) is 18.5 Å². The van der Waals surface area contributed by atoms with Gasteiger partial charge in [-0.3, -0.25) is 4.79 Å². The van der Waals surface area contributed by atoms with Gasteiger partial charge in [-0.1, -0.05) is 29.8 Å². The molecule has 0 radical (unpaired) electrons. The first-order chi connectivity index (χ1) is 8.61. The number of halogens is 1. The molecule has 0 saturated carbocycles. The zero-order valence-electron chi connectivity index (χ0n) is 11.8. The van der Waals surface area contributed by atoms with Gasteiger partial charge in [0.25, 0.3) is 0 Å². The lowest BCUT2D eigenvalue weighted by atomic mass is 10.1. The van der Waals surface area contributed by atoms with Crippen molar-refractivity contribution >= 4 is 18.3 Å². The van der Waals surface area contributed by atoms with Gasteiger partial charge in [0.05, 0.1) is 0 Å². The Balaban J connectivity index is 0.00000324. The molecule has 1 amide bonds. The van der Waals surface area contributed by atoms with Crippen LogP contribution in [0, 0.1) is 6.92 Å². The molecule has 3 N–H and O–H groups in total. The van der Waals surface area contributed by atoms with Gasteiger partial charge in [-0.05, 0) is 38.7 Å². The van der Waals surface area contributed by atoms with Gasteiger partial charge in [0.15, 0.2) is 0 Å². The molecule has 0 bridgehead atoms. The van der Waals surface area contributed by atoms with E-state index < -0.39 is 0 Å². The maximum atomic E-state index is 11.5. The molecule has 4 heteroatoms. The summed E-state index contributed by atoms with van der Waals surface area (Å²) in [7, 11) is 0. The van der Waals surface area contributed by atoms with Gasteiger partial charge in [0.2, 0.25) is 5.91 Å². The average Bonchev–Trinajstić information content (AvgIpc) is 2.36. The maximum Gasteiger partial charge on any atom is 0.220 e. The monoisotopic (exact) mass is 284 g/mol. The molecule has 0 aliphatic rings. The summed E-state index contributed by atoms with van der Waals surface area (Å²) in [5, 5.41) is 2.87. The molecule has 3 nitrogen and oxygen atoms in total. The predicted octanol–water partition coefficient (Wildman–Crippen LogP) is 2.59. The summed E-state index contributed by atoms with van der Waals surface area (Å²) in [5.41, 5.74) is 8.08. The van der Waals surface area contributed by atoms with E-state index >= 15 is 0 Å². The highest BCUT2D eigenvalue weighted by molar-refractivity contribution is 5.85. The molecule has 0 fully saturated rings. The van der Waals surface area contributed by atoms with E-state index in [9.17, 15) is 4.79 Å². The molecule has 1 atom stereocenters. The Morgan fingerprint density at radius 2 is 1.89 bits per heavy atom. The summed E-state index contributed by atoms with van der Waals surface area (Å²) < 4.78 is 0. The third kappa shape index (κ3) is 7.85. The van der Waals surface area contributed by atoms with Crippen molar-refractivity contribution in [3.63, 3.8) is 0 Å². The van der Waals surface area contributed by atoms with Crippen molar-refractivity contribution in [3.05, 3.63) is 35.4 Å². The molecule has 1 aromatic carbocycles. The van der Waals surface area contributed by atoms with E-state index in [1.165, 1.54) is 11.1 Å². The van der Waals surface area contributed by atoms with Crippen molar-refractivity contribution in [3.8, 4) is 0 Å². The Morgan fingerprint density at radius 1 is 1.26 bits per heavy atom. The van der Waals surface area contributed by atoms with E-state index in [1.54, 1.807) is 0 Å². The number of hydrogen-bond acceptors (Lipinski definition) is 2. The molecular formula is C15H25ClN2O. The van der Waals surface area contributed by atoms with Crippen LogP contribution in [0.15, 0.2) is 24.3 Å². The third-order valence-electron chi connectivity index (χ3n) is 3.00. The van der Waals surface area contributed by atoms with Crippen LogP contribution in [0.25, 0.3) is 0 Å². The highest BCUT2D eigenvalue weighted by Crippen LogP contribution is 2.08. The zero-order chi connectivity index (χ0) is 13.4. The van der Waals surface area contributed by atoms with E-state index in [0.717, 1.165) is 19.3 Å². The summed E-state index contributed by atoms with van der Waals surface area (Å²) in [5.74, 6) is 0.108. The highest BCUT2D eigenvalue weighted by atomic mass is 35.5. The minimum absolute atomic E-state index is 0. The van der Waals surface area contributed by atoms with Crippen LogP contribution < -0.4 is 11.1 Å². The highest BCUT2D eigenvalue weighted by Gasteiger charge is 2.04. The normalized spacial score (nSPS) is 11.5. The number of rotatable bonds is 7. The van der Waals surface area contributed by atoms with E-state index in [4.69, 9.17) is 5.73 Å². The van der Waals surface area contributed by atoms with E-state index in [1.807, 2.05) is 6.92 Å². The van der Waals surface area contributed by atoms with Gasteiger partial charge in [-0.15, -0.1) is 12.4 Å². The smallest absolute Gasteiger partial charge is 0.220 e. The van der Waals surface area contributed by atoms with Gasteiger partial charge in [0.1, 0.15) is 0 Å². The minimum Gasteiger partial charge on any atom is -0.352 e. The number of carbonyl (C=O) groups excluding carboxylic acids is 1. The second-order valence-electron chi connectivity index (χ2n) is 4.90. The second kappa shape index (κ2) is 9.82. The van der Waals surface area contributed by atoms with E-state index in [0.29, 0.717) is 13.0 Å².